The molecule has 20 heavy (non-hydrogen) atoms. The minimum atomic E-state index is 0.106. The van der Waals surface area contributed by atoms with Gasteiger partial charge in [-0.25, -0.2) is 0 Å². The van der Waals surface area contributed by atoms with Crippen LogP contribution < -0.4 is 15.2 Å². The van der Waals surface area contributed by atoms with Gasteiger partial charge in [0.25, 0.3) is 0 Å². The molecule has 0 fully saturated rings. The highest BCUT2D eigenvalue weighted by molar-refractivity contribution is 5.41. The first-order valence-electron chi connectivity index (χ1n) is 7.37. The number of hydrogen-bond donors (Lipinski definition) is 1. The second-order valence-electron chi connectivity index (χ2n) is 5.19. The molecule has 0 spiro atoms. The second-order valence-corrected chi connectivity index (χ2v) is 5.19. The zero-order valence-electron chi connectivity index (χ0n) is 12.9. The topological polar surface area (TPSA) is 44.5 Å². The highest BCUT2D eigenvalue weighted by Gasteiger charge is 2.09. The van der Waals surface area contributed by atoms with Gasteiger partial charge in [-0.15, -0.1) is 0 Å². The van der Waals surface area contributed by atoms with E-state index >= 15 is 0 Å². The first-order valence-corrected chi connectivity index (χ1v) is 7.37. The molecule has 1 atom stereocenters. The SMILES string of the molecule is C=C(CC)COc1cc(OCCC)ccc1CC(C)N. The van der Waals surface area contributed by atoms with E-state index in [0.29, 0.717) is 13.2 Å². The molecule has 0 amide bonds. The molecule has 0 heterocycles. The smallest absolute Gasteiger partial charge is 0.126 e. The molecule has 3 heteroatoms. The Kier molecular flexibility index (Phi) is 7.16. The van der Waals surface area contributed by atoms with Gasteiger partial charge in [-0.1, -0.05) is 26.5 Å². The number of benzene rings is 1. The van der Waals surface area contributed by atoms with Crippen LogP contribution in [-0.2, 0) is 6.42 Å². The average molecular weight is 277 g/mol. The first kappa shape index (κ1) is 16.6. The van der Waals surface area contributed by atoms with Gasteiger partial charge in [-0.2, -0.15) is 0 Å². The van der Waals surface area contributed by atoms with Gasteiger partial charge in [0.15, 0.2) is 0 Å². The van der Waals surface area contributed by atoms with E-state index < -0.39 is 0 Å². The Morgan fingerprint density at radius 3 is 2.65 bits per heavy atom. The summed E-state index contributed by atoms with van der Waals surface area (Å²) in [6.07, 6.45) is 2.71. The Bertz CT molecular complexity index is 427. The summed E-state index contributed by atoms with van der Waals surface area (Å²) in [6.45, 7) is 11.4. The molecule has 1 aromatic rings. The maximum Gasteiger partial charge on any atom is 0.126 e. The zero-order chi connectivity index (χ0) is 15.0. The van der Waals surface area contributed by atoms with E-state index in [4.69, 9.17) is 15.2 Å². The lowest BCUT2D eigenvalue weighted by Crippen LogP contribution is -2.18. The highest BCUT2D eigenvalue weighted by Crippen LogP contribution is 2.26. The summed E-state index contributed by atoms with van der Waals surface area (Å²) < 4.78 is 11.5. The van der Waals surface area contributed by atoms with E-state index in [-0.39, 0.29) is 6.04 Å². The molecule has 0 aromatic heterocycles. The van der Waals surface area contributed by atoms with E-state index in [1.807, 2.05) is 25.1 Å². The molecule has 0 saturated carbocycles. The van der Waals surface area contributed by atoms with Gasteiger partial charge in [0, 0.05) is 12.1 Å². The van der Waals surface area contributed by atoms with Gasteiger partial charge < -0.3 is 15.2 Å². The predicted molar refractivity (Wildman–Crippen MR) is 84.5 cm³/mol. The molecule has 112 valence electrons. The Hall–Kier alpha value is -1.48. The summed E-state index contributed by atoms with van der Waals surface area (Å²) in [7, 11) is 0. The van der Waals surface area contributed by atoms with Crippen LogP contribution in [0.5, 0.6) is 11.5 Å². The van der Waals surface area contributed by atoms with Crippen molar-refractivity contribution in [2.24, 2.45) is 5.73 Å². The third kappa shape index (κ3) is 5.66. The van der Waals surface area contributed by atoms with Gasteiger partial charge in [-0.3, -0.25) is 0 Å². The quantitative estimate of drug-likeness (QED) is 0.700. The normalized spacial score (nSPS) is 12.0. The van der Waals surface area contributed by atoms with Crippen molar-refractivity contribution < 1.29 is 9.47 Å². The summed E-state index contributed by atoms with van der Waals surface area (Å²) in [5.74, 6) is 1.70. The van der Waals surface area contributed by atoms with E-state index in [1.165, 1.54) is 0 Å². The van der Waals surface area contributed by atoms with Gasteiger partial charge in [0.05, 0.1) is 6.61 Å². The average Bonchev–Trinajstić information content (AvgIpc) is 2.43. The van der Waals surface area contributed by atoms with Crippen molar-refractivity contribution in [1.29, 1.82) is 0 Å². The van der Waals surface area contributed by atoms with Crippen LogP contribution in [0.4, 0.5) is 0 Å². The summed E-state index contributed by atoms with van der Waals surface area (Å²) in [5, 5.41) is 0. The minimum Gasteiger partial charge on any atom is -0.493 e. The van der Waals surface area contributed by atoms with Crippen LogP contribution in [-0.4, -0.2) is 19.3 Å². The molecule has 0 saturated heterocycles. The summed E-state index contributed by atoms with van der Waals surface area (Å²) in [4.78, 5) is 0. The molecule has 1 aromatic carbocycles. The van der Waals surface area contributed by atoms with Crippen molar-refractivity contribution >= 4 is 0 Å². The van der Waals surface area contributed by atoms with Crippen molar-refractivity contribution in [3.63, 3.8) is 0 Å². The molecule has 3 nitrogen and oxygen atoms in total. The molecule has 0 aliphatic carbocycles. The zero-order valence-corrected chi connectivity index (χ0v) is 12.9. The molecule has 1 rings (SSSR count). The van der Waals surface area contributed by atoms with Crippen molar-refractivity contribution in [1.82, 2.24) is 0 Å². The molecule has 0 radical (unpaired) electrons. The molecule has 0 aliphatic heterocycles. The predicted octanol–water partition coefficient (Wildman–Crippen LogP) is 3.71. The lowest BCUT2D eigenvalue weighted by atomic mass is 10.1. The van der Waals surface area contributed by atoms with Crippen LogP contribution in [0.3, 0.4) is 0 Å². The van der Waals surface area contributed by atoms with Crippen molar-refractivity contribution in [3.05, 3.63) is 35.9 Å². The van der Waals surface area contributed by atoms with Gasteiger partial charge in [-0.05, 0) is 43.4 Å². The van der Waals surface area contributed by atoms with E-state index in [2.05, 4.69) is 20.4 Å². The van der Waals surface area contributed by atoms with Crippen molar-refractivity contribution in [2.75, 3.05) is 13.2 Å². The minimum absolute atomic E-state index is 0.106. The molecule has 0 bridgehead atoms. The number of ether oxygens (including phenoxy) is 2. The Balaban J connectivity index is 2.84. The fraction of sp³-hybridized carbons (Fsp3) is 0.529. The maximum absolute atomic E-state index is 5.89. The monoisotopic (exact) mass is 277 g/mol. The van der Waals surface area contributed by atoms with Crippen LogP contribution in [0, 0.1) is 0 Å². The lowest BCUT2D eigenvalue weighted by Gasteiger charge is -2.15. The van der Waals surface area contributed by atoms with Crippen LogP contribution in [0.15, 0.2) is 30.4 Å². The highest BCUT2D eigenvalue weighted by atomic mass is 16.5. The number of hydrogen-bond acceptors (Lipinski definition) is 3. The van der Waals surface area contributed by atoms with Crippen molar-refractivity contribution in [2.45, 2.75) is 46.1 Å². The Labute approximate surface area is 122 Å². The summed E-state index contributed by atoms with van der Waals surface area (Å²) in [5.41, 5.74) is 8.09. The van der Waals surface area contributed by atoms with Gasteiger partial charge >= 0.3 is 0 Å². The van der Waals surface area contributed by atoms with E-state index in [9.17, 15) is 0 Å². The second kappa shape index (κ2) is 8.64. The fourth-order valence-corrected chi connectivity index (χ4v) is 1.78. The first-order chi connectivity index (χ1) is 9.56. The fourth-order valence-electron chi connectivity index (χ4n) is 1.78. The van der Waals surface area contributed by atoms with Gasteiger partial charge in [0.1, 0.15) is 18.1 Å². The molecule has 2 N–H and O–H groups in total. The maximum atomic E-state index is 5.89. The lowest BCUT2D eigenvalue weighted by molar-refractivity contribution is 0.309. The standard InChI is InChI=1S/C17H27NO2/c1-5-9-19-16-8-7-15(10-14(4)18)17(11-16)20-12-13(3)6-2/h7-8,11,14H,3,5-6,9-10,12,18H2,1-2,4H3. The van der Waals surface area contributed by atoms with E-state index in [1.54, 1.807) is 0 Å². The molecule has 1 unspecified atom stereocenters. The summed E-state index contributed by atoms with van der Waals surface area (Å²) in [6, 6.07) is 6.08. The Morgan fingerprint density at radius 1 is 1.30 bits per heavy atom. The number of rotatable bonds is 9. The largest absolute Gasteiger partial charge is 0.493 e. The third-order valence-corrected chi connectivity index (χ3v) is 2.99. The summed E-state index contributed by atoms with van der Waals surface area (Å²) >= 11 is 0. The van der Waals surface area contributed by atoms with Crippen molar-refractivity contribution in [3.8, 4) is 11.5 Å². The molecular weight excluding hydrogens is 250 g/mol. The molecular formula is C17H27NO2. The van der Waals surface area contributed by atoms with Crippen LogP contribution >= 0.6 is 0 Å². The Morgan fingerprint density at radius 2 is 2.05 bits per heavy atom. The van der Waals surface area contributed by atoms with Crippen LogP contribution in [0.25, 0.3) is 0 Å². The number of nitrogens with two attached hydrogens (primary N) is 1. The molecule has 0 aliphatic rings. The van der Waals surface area contributed by atoms with Gasteiger partial charge in [0.2, 0.25) is 0 Å². The third-order valence-electron chi connectivity index (χ3n) is 2.99. The van der Waals surface area contributed by atoms with E-state index in [0.717, 1.165) is 41.9 Å². The van der Waals surface area contributed by atoms with Crippen LogP contribution in [0.1, 0.15) is 39.2 Å². The van der Waals surface area contributed by atoms with Crippen LogP contribution in [0.2, 0.25) is 0 Å².